The Balaban J connectivity index is 1.41. The van der Waals surface area contributed by atoms with Crippen LogP contribution in [0, 0.1) is 5.92 Å². The van der Waals surface area contributed by atoms with E-state index in [2.05, 4.69) is 72.2 Å². The van der Waals surface area contributed by atoms with Gasteiger partial charge in [-0.2, -0.15) is 0 Å². The number of amides is 1. The number of nitrogen functional groups attached to an aromatic ring is 2. The normalized spacial score (nSPS) is 17.3. The minimum absolute atomic E-state index is 0.00425. The minimum Gasteiger partial charge on any atom is -0.497 e. The van der Waals surface area contributed by atoms with Crippen LogP contribution in [0.4, 0.5) is 11.6 Å². The van der Waals surface area contributed by atoms with Gasteiger partial charge < -0.3 is 35.4 Å². The summed E-state index contributed by atoms with van der Waals surface area (Å²) >= 11 is 6.11. The quantitative estimate of drug-likeness (QED) is 0.104. The molecule has 2 heterocycles. The van der Waals surface area contributed by atoms with Gasteiger partial charge in [0.25, 0.3) is 5.91 Å². The first-order valence-electron chi connectivity index (χ1n) is 19.2. The fraction of sp³-hybridized carbons (Fsp3) is 0.561. The van der Waals surface area contributed by atoms with Crippen molar-refractivity contribution in [3.63, 3.8) is 0 Å². The molecule has 11 nitrogen and oxygen atoms in total. The van der Waals surface area contributed by atoms with Crippen molar-refractivity contribution in [2.24, 2.45) is 5.92 Å². The molecule has 1 saturated heterocycles. The van der Waals surface area contributed by atoms with Crippen molar-refractivity contribution >= 4 is 34.9 Å². The first kappa shape index (κ1) is 42.0. The molecule has 1 aromatic heterocycles. The summed E-state index contributed by atoms with van der Waals surface area (Å²) in [5.41, 5.74) is 15.2. The fourth-order valence-electron chi connectivity index (χ4n) is 7.63. The van der Waals surface area contributed by atoms with E-state index in [9.17, 15) is 9.59 Å². The van der Waals surface area contributed by atoms with E-state index >= 15 is 0 Å². The van der Waals surface area contributed by atoms with Crippen LogP contribution in [0.25, 0.3) is 0 Å². The van der Waals surface area contributed by atoms with E-state index in [-0.39, 0.29) is 40.1 Å². The summed E-state index contributed by atoms with van der Waals surface area (Å²) in [6, 6.07) is 16.6. The molecule has 0 saturated carbocycles. The number of quaternary nitrogens is 1. The lowest BCUT2D eigenvalue weighted by atomic mass is 9.89. The second-order valence-electron chi connectivity index (χ2n) is 15.3. The number of carbonyl (C=O) groups excluding carboxylic acids is 2. The van der Waals surface area contributed by atoms with Crippen molar-refractivity contribution in [3.05, 3.63) is 76.1 Å². The van der Waals surface area contributed by atoms with Crippen LogP contribution in [-0.2, 0) is 12.8 Å². The van der Waals surface area contributed by atoms with Gasteiger partial charge in [0.15, 0.2) is 22.6 Å². The molecule has 1 amide bonds. The van der Waals surface area contributed by atoms with Gasteiger partial charge in [-0.3, -0.25) is 9.59 Å². The predicted molar refractivity (Wildman–Crippen MR) is 216 cm³/mol. The molecule has 53 heavy (non-hydrogen) atoms. The van der Waals surface area contributed by atoms with Crippen LogP contribution in [0.1, 0.15) is 76.9 Å². The summed E-state index contributed by atoms with van der Waals surface area (Å²) < 4.78 is 6.32. The van der Waals surface area contributed by atoms with Crippen LogP contribution < -0.4 is 16.2 Å². The summed E-state index contributed by atoms with van der Waals surface area (Å²) in [5, 5.41) is 0.00425. The molecule has 4 N–H and O–H groups in total. The maximum Gasteiger partial charge on any atom is 0.253 e. The Kier molecular flexibility index (Phi) is 16.3. The van der Waals surface area contributed by atoms with E-state index in [4.69, 9.17) is 27.8 Å². The van der Waals surface area contributed by atoms with Crippen molar-refractivity contribution < 1.29 is 18.8 Å². The molecule has 2 aromatic carbocycles. The number of hydrogen-bond donors (Lipinski definition) is 2. The number of benzene rings is 2. The van der Waals surface area contributed by atoms with E-state index in [0.29, 0.717) is 6.42 Å². The number of anilines is 2. The zero-order valence-corrected chi connectivity index (χ0v) is 33.4. The number of aromatic nitrogens is 2. The molecule has 0 aliphatic carbocycles. The molecular formula is C41H62ClN8O3+. The van der Waals surface area contributed by atoms with E-state index < -0.39 is 0 Å². The van der Waals surface area contributed by atoms with Gasteiger partial charge in [-0.25, -0.2) is 9.97 Å². The van der Waals surface area contributed by atoms with Gasteiger partial charge in [-0.15, -0.1) is 0 Å². The number of hydrogen-bond acceptors (Lipinski definition) is 9. The summed E-state index contributed by atoms with van der Waals surface area (Å²) in [6.45, 7) is 7.50. The van der Waals surface area contributed by atoms with Crippen LogP contribution in [0.2, 0.25) is 5.15 Å². The third-order valence-corrected chi connectivity index (χ3v) is 10.7. The Labute approximate surface area is 322 Å². The molecule has 1 aliphatic rings. The summed E-state index contributed by atoms with van der Waals surface area (Å²) in [5.74, 6) is 1.10. The van der Waals surface area contributed by atoms with Crippen LogP contribution in [0.5, 0.6) is 5.75 Å². The van der Waals surface area contributed by atoms with Crippen LogP contribution in [0.3, 0.4) is 0 Å². The second-order valence-corrected chi connectivity index (χ2v) is 15.7. The number of carbonyl (C=O) groups is 2. The zero-order valence-electron chi connectivity index (χ0n) is 32.7. The molecule has 0 bridgehead atoms. The molecule has 2 unspecified atom stereocenters. The molecule has 3 aromatic rings. The van der Waals surface area contributed by atoms with Crippen LogP contribution >= 0.6 is 11.6 Å². The fourth-order valence-corrected chi connectivity index (χ4v) is 7.76. The Morgan fingerprint density at radius 1 is 0.811 bits per heavy atom. The monoisotopic (exact) mass is 749 g/mol. The highest BCUT2D eigenvalue weighted by atomic mass is 35.5. The smallest absolute Gasteiger partial charge is 0.253 e. The molecule has 1 fully saturated rings. The largest absolute Gasteiger partial charge is 0.497 e. The van der Waals surface area contributed by atoms with E-state index in [1.807, 2.05) is 29.2 Å². The Morgan fingerprint density at radius 3 is 1.92 bits per heavy atom. The van der Waals surface area contributed by atoms with E-state index in [1.54, 1.807) is 7.11 Å². The van der Waals surface area contributed by atoms with Gasteiger partial charge >= 0.3 is 0 Å². The lowest BCUT2D eigenvalue weighted by Gasteiger charge is -2.45. The number of nitrogens with zero attached hydrogens (tertiary/aromatic N) is 6. The Morgan fingerprint density at radius 2 is 1.38 bits per heavy atom. The number of nitrogens with two attached hydrogens (primary N) is 2. The lowest BCUT2D eigenvalue weighted by Crippen LogP contribution is -2.55. The number of methoxy groups -OCH3 is 1. The SMILES string of the molecule is COc1ccc(CCC[N+]2(CCCc3ccc(C(=O)N(CCCN(C)C)CCCN(C)C)cc3)CCCC(CC(=O)c3nc(Cl)c(N)nc3N)C2)cc1. The number of ether oxygens (including phenoxy) is 1. The highest BCUT2D eigenvalue weighted by Gasteiger charge is 2.36. The van der Waals surface area contributed by atoms with Crippen molar-refractivity contribution in [1.29, 1.82) is 0 Å². The molecule has 1 aliphatic heterocycles. The minimum atomic E-state index is -0.135. The third kappa shape index (κ3) is 13.2. The first-order chi connectivity index (χ1) is 25.4. The number of likely N-dealkylation sites (tertiary alicyclic amines) is 1. The van der Waals surface area contributed by atoms with Crippen LogP contribution in [0.15, 0.2) is 48.5 Å². The summed E-state index contributed by atoms with van der Waals surface area (Å²) in [6.07, 6.45) is 8.28. The maximum absolute atomic E-state index is 13.6. The van der Waals surface area contributed by atoms with E-state index in [1.165, 1.54) is 11.1 Å². The number of Topliss-reactive ketones (excluding diaryl/α,β-unsaturated/α-hetero) is 1. The number of aryl methyl sites for hydroxylation is 2. The van der Waals surface area contributed by atoms with Gasteiger partial charge in [0, 0.05) is 43.8 Å². The Bertz CT molecular complexity index is 1590. The van der Waals surface area contributed by atoms with E-state index in [0.717, 1.165) is 120 Å². The number of rotatable bonds is 21. The average molecular weight is 750 g/mol. The van der Waals surface area contributed by atoms with Gasteiger partial charge in [0.2, 0.25) is 0 Å². The standard InChI is InChI=1S/C41H61ClN8O3/c1-47(2)22-9-24-49(25-10-23-48(3)4)41(52)34-18-14-31(15-19-34)11-6-26-50(27-7-12-32-16-20-35(53-5)21-17-32)28-8-13-33(30-50)29-36(51)37-39(43)46-40(44)38(42)45-37/h14-21,33H,6-13,22-30H2,1-5H3,(H3-,43,44,46,51)/p+1. The predicted octanol–water partition coefficient (Wildman–Crippen LogP) is 5.71. The molecule has 0 spiro atoms. The summed E-state index contributed by atoms with van der Waals surface area (Å²) in [7, 11) is 9.97. The number of piperidine rings is 1. The van der Waals surface area contributed by atoms with Gasteiger partial charge in [0.05, 0.1) is 33.3 Å². The molecule has 2 atom stereocenters. The zero-order chi connectivity index (χ0) is 38.4. The lowest BCUT2D eigenvalue weighted by molar-refractivity contribution is -0.936. The van der Waals surface area contributed by atoms with Crippen molar-refractivity contribution in [3.8, 4) is 5.75 Å². The number of ketones is 1. The molecule has 12 heteroatoms. The first-order valence-corrected chi connectivity index (χ1v) is 19.5. The average Bonchev–Trinajstić information content (AvgIpc) is 3.12. The number of halogens is 1. The molecular weight excluding hydrogens is 688 g/mol. The van der Waals surface area contributed by atoms with Gasteiger partial charge in [-0.1, -0.05) is 35.9 Å². The van der Waals surface area contributed by atoms with Gasteiger partial charge in [-0.05, 0) is 115 Å². The van der Waals surface area contributed by atoms with Crippen molar-refractivity contribution in [2.75, 3.05) is 99.1 Å². The van der Waals surface area contributed by atoms with Crippen molar-refractivity contribution in [2.45, 2.75) is 57.8 Å². The molecule has 4 rings (SSSR count). The highest BCUT2D eigenvalue weighted by Crippen LogP contribution is 2.30. The highest BCUT2D eigenvalue weighted by molar-refractivity contribution is 6.31. The van der Waals surface area contributed by atoms with Crippen molar-refractivity contribution in [1.82, 2.24) is 24.7 Å². The Hall–Kier alpha value is -3.77. The second kappa shape index (κ2) is 20.6. The molecule has 0 radical (unpaired) electrons. The summed E-state index contributed by atoms with van der Waals surface area (Å²) in [4.78, 5) is 41.5. The third-order valence-electron chi connectivity index (χ3n) is 10.4. The van der Waals surface area contributed by atoms with Gasteiger partial charge in [0.1, 0.15) is 11.4 Å². The topological polar surface area (TPSA) is 131 Å². The molecule has 290 valence electrons. The van der Waals surface area contributed by atoms with Crippen LogP contribution in [-0.4, -0.2) is 128 Å². The maximum atomic E-state index is 13.6.